The van der Waals surface area contributed by atoms with Crippen LogP contribution in [0, 0.1) is 21.4 Å². The summed E-state index contributed by atoms with van der Waals surface area (Å²) >= 11 is 12.0. The maximum Gasteiger partial charge on any atom is 0.337 e. The van der Waals surface area contributed by atoms with Crippen LogP contribution in [-0.2, 0) is 9.59 Å². The van der Waals surface area contributed by atoms with Gasteiger partial charge in [-0.25, -0.2) is 9.59 Å². The molecule has 0 aliphatic rings. The molecule has 14 heteroatoms. The van der Waals surface area contributed by atoms with Crippen LogP contribution in [0.3, 0.4) is 0 Å². The molecule has 0 atom stereocenters. The lowest BCUT2D eigenvalue weighted by Crippen LogP contribution is -2.13. The number of carbonyl (C=O) groups is 4. The molecule has 2 aromatic rings. The Hall–Kier alpha value is 0.700. The number of carboxylic acids is 2. The van der Waals surface area contributed by atoms with Gasteiger partial charge >= 0.3 is 11.9 Å². The summed E-state index contributed by atoms with van der Waals surface area (Å²) in [5.41, 5.74) is 1.58. The summed E-state index contributed by atoms with van der Waals surface area (Å²) in [7, 11) is 0. The van der Waals surface area contributed by atoms with E-state index in [-0.39, 0.29) is 22.9 Å². The summed E-state index contributed by atoms with van der Waals surface area (Å²) in [4.78, 5) is 44.2. The zero-order valence-corrected chi connectivity index (χ0v) is 28.9. The third kappa shape index (κ3) is 8.42. The van der Waals surface area contributed by atoms with Crippen LogP contribution in [0.25, 0.3) is 0 Å². The smallest absolute Gasteiger partial charge is 0.337 e. The van der Waals surface area contributed by atoms with Gasteiger partial charge in [-0.1, -0.05) is 0 Å². The Kier molecular flexibility index (Phi) is 13.2. The molecule has 0 aliphatic carbocycles. The molecule has 0 fully saturated rings. The number of carbonyl (C=O) groups excluding carboxylic acids is 2. The molecule has 0 heterocycles. The van der Waals surface area contributed by atoms with Gasteiger partial charge in [0.2, 0.25) is 11.8 Å². The largest absolute Gasteiger partial charge is 0.478 e. The maximum atomic E-state index is 11.1. The summed E-state index contributed by atoms with van der Waals surface area (Å²) in [6.07, 6.45) is 0. The van der Waals surface area contributed by atoms with Crippen LogP contribution in [0.4, 0.5) is 11.4 Å². The number of hydrogen-bond donors (Lipinski definition) is 4. The Balaban J connectivity index is 0.000000320. The van der Waals surface area contributed by atoms with Crippen LogP contribution in [-0.4, -0.2) is 34.0 Å². The van der Waals surface area contributed by atoms with E-state index in [1.54, 1.807) is 12.1 Å². The van der Waals surface area contributed by atoms with E-state index < -0.39 is 11.9 Å². The highest BCUT2D eigenvalue weighted by atomic mass is 127. The number of aromatic carboxylic acids is 2. The van der Waals surface area contributed by atoms with E-state index in [4.69, 9.17) is 10.2 Å². The quantitative estimate of drug-likeness (QED) is 0.266. The van der Waals surface area contributed by atoms with E-state index >= 15 is 0 Å². The minimum absolute atomic E-state index is 0.214. The van der Waals surface area contributed by atoms with E-state index in [1.807, 2.05) is 90.4 Å². The zero-order valence-electron chi connectivity index (χ0n) is 15.9. The Labute approximate surface area is 265 Å². The number of hydrogen-bond acceptors (Lipinski definition) is 4. The third-order valence-electron chi connectivity index (χ3n) is 3.37. The first kappa shape index (κ1) is 30.7. The van der Waals surface area contributed by atoms with Gasteiger partial charge in [-0.2, -0.15) is 0 Å². The lowest BCUT2D eigenvalue weighted by molar-refractivity contribution is -0.115. The molecule has 2 amide bonds. The monoisotopic (exact) mass is 1110 g/mol. The van der Waals surface area contributed by atoms with Crippen molar-refractivity contribution < 1.29 is 29.4 Å². The third-order valence-corrected chi connectivity index (χ3v) is 8.93. The van der Waals surface area contributed by atoms with Crippen molar-refractivity contribution in [1.82, 2.24) is 0 Å². The van der Waals surface area contributed by atoms with Gasteiger partial charge in [0, 0.05) is 28.1 Å². The first-order chi connectivity index (χ1) is 14.7. The van der Waals surface area contributed by atoms with E-state index in [0.29, 0.717) is 25.7 Å². The van der Waals surface area contributed by atoms with E-state index in [2.05, 4.69) is 55.8 Å². The van der Waals surface area contributed by atoms with Gasteiger partial charge in [-0.15, -0.1) is 0 Å². The molecule has 0 aromatic heterocycles. The molecule has 0 spiro atoms. The molecule has 0 radical (unpaired) electrons. The normalized spacial score (nSPS) is 10.0. The summed E-state index contributed by atoms with van der Waals surface area (Å²) in [6.45, 7) is 2.79. The van der Waals surface area contributed by atoms with Crippen molar-refractivity contribution in [2.24, 2.45) is 0 Å². The van der Waals surface area contributed by atoms with Gasteiger partial charge in [0.15, 0.2) is 0 Å². The fraction of sp³-hybridized carbons (Fsp3) is 0.111. The van der Waals surface area contributed by atoms with Crippen molar-refractivity contribution in [3.63, 3.8) is 0 Å². The van der Waals surface area contributed by atoms with Crippen molar-refractivity contribution in [3.05, 3.63) is 44.7 Å². The van der Waals surface area contributed by atoms with Gasteiger partial charge in [0.05, 0.1) is 29.6 Å². The topological polar surface area (TPSA) is 133 Å². The predicted octanol–water partition coefficient (Wildman–Crippen LogP) is 6.31. The molecule has 32 heavy (non-hydrogen) atoms. The van der Waals surface area contributed by atoms with Gasteiger partial charge < -0.3 is 20.8 Å². The number of amides is 2. The van der Waals surface area contributed by atoms with Crippen molar-refractivity contribution in [2.45, 2.75) is 13.8 Å². The van der Waals surface area contributed by atoms with Crippen molar-refractivity contribution in [3.8, 4) is 0 Å². The molecular weight excluding hydrogens is 1100 g/mol. The fourth-order valence-corrected chi connectivity index (χ4v) is 10.4. The SMILES string of the molecule is CC(=O)Nc1c(I)cc(I)c(C(=O)O)c1I.CC(=O)Nc1c(I)cc(I)c(C(=O)O)c1I. The van der Waals surface area contributed by atoms with Gasteiger partial charge in [0.25, 0.3) is 0 Å². The number of carboxylic acid groups (broad SMARTS) is 2. The fourth-order valence-electron chi connectivity index (χ4n) is 2.15. The highest BCUT2D eigenvalue weighted by Crippen LogP contribution is 2.32. The molecule has 0 aliphatic heterocycles. The van der Waals surface area contributed by atoms with Gasteiger partial charge in [0.1, 0.15) is 0 Å². The van der Waals surface area contributed by atoms with Crippen LogP contribution in [0.2, 0.25) is 0 Å². The summed E-state index contributed by atoms with van der Waals surface area (Å²) in [6, 6.07) is 3.47. The lowest BCUT2D eigenvalue weighted by Gasteiger charge is -2.12. The number of rotatable bonds is 4. The van der Waals surface area contributed by atoms with Crippen molar-refractivity contribution in [1.29, 1.82) is 0 Å². The van der Waals surface area contributed by atoms with E-state index in [9.17, 15) is 19.2 Å². The first-order valence-electron chi connectivity index (χ1n) is 8.05. The van der Waals surface area contributed by atoms with Crippen LogP contribution in [0.15, 0.2) is 12.1 Å². The van der Waals surface area contributed by atoms with Crippen molar-refractivity contribution >= 4 is 171 Å². The standard InChI is InChI=1S/2C9H6I3NO3/c2*1-3(14)13-8-5(11)2-4(10)6(7(8)12)9(15)16/h2*2H,1H3,(H,13,14)(H,15,16). The lowest BCUT2D eigenvalue weighted by atomic mass is 10.2. The molecule has 4 N–H and O–H groups in total. The van der Waals surface area contributed by atoms with Gasteiger partial charge in [-0.3, -0.25) is 9.59 Å². The summed E-state index contributed by atoms with van der Waals surface area (Å²) < 4.78 is 4.08. The Bertz CT molecular complexity index is 1030. The second kappa shape index (κ2) is 13.7. The molecule has 0 saturated carbocycles. The second-order valence-corrected chi connectivity index (χ2v) is 12.6. The van der Waals surface area contributed by atoms with Crippen LogP contribution in [0.1, 0.15) is 34.6 Å². The number of nitrogens with one attached hydrogen (secondary N) is 2. The zero-order chi connectivity index (χ0) is 24.9. The molecule has 2 rings (SSSR count). The number of anilines is 2. The molecule has 2 aromatic carbocycles. The van der Waals surface area contributed by atoms with E-state index in [1.165, 1.54) is 13.8 Å². The molecule has 0 bridgehead atoms. The molecular formula is C18H12I6N2O6. The average molecular weight is 1110 g/mol. The Morgan fingerprint density at radius 3 is 1.12 bits per heavy atom. The Morgan fingerprint density at radius 2 is 0.906 bits per heavy atom. The maximum absolute atomic E-state index is 11.1. The minimum atomic E-state index is -0.989. The predicted molar refractivity (Wildman–Crippen MR) is 172 cm³/mol. The molecule has 0 saturated heterocycles. The highest BCUT2D eigenvalue weighted by Gasteiger charge is 2.20. The van der Waals surface area contributed by atoms with Crippen LogP contribution < -0.4 is 10.6 Å². The van der Waals surface area contributed by atoms with Crippen LogP contribution in [0.5, 0.6) is 0 Å². The highest BCUT2D eigenvalue weighted by molar-refractivity contribution is 14.1. The summed E-state index contributed by atoms with van der Waals surface area (Å²) in [5, 5.41) is 23.4. The van der Waals surface area contributed by atoms with Gasteiger partial charge in [-0.05, 0) is 148 Å². The minimum Gasteiger partial charge on any atom is -0.478 e. The van der Waals surface area contributed by atoms with Crippen molar-refractivity contribution in [2.75, 3.05) is 10.6 Å². The number of benzene rings is 2. The molecule has 0 unspecified atom stereocenters. The van der Waals surface area contributed by atoms with Crippen LogP contribution >= 0.6 is 136 Å². The molecule has 8 nitrogen and oxygen atoms in total. The average Bonchev–Trinajstić information content (AvgIpc) is 2.61. The number of halogens is 6. The Morgan fingerprint density at radius 1 is 0.625 bits per heavy atom. The second-order valence-electron chi connectivity index (χ2n) is 5.78. The summed E-state index contributed by atoms with van der Waals surface area (Å²) in [5.74, 6) is -2.41. The molecule has 172 valence electrons. The first-order valence-corrected chi connectivity index (χ1v) is 14.5. The van der Waals surface area contributed by atoms with E-state index in [0.717, 1.165) is 7.14 Å².